The van der Waals surface area contributed by atoms with Crippen LogP contribution in [0, 0.1) is 6.92 Å². The fraction of sp³-hybridized carbons (Fsp3) is 0.0400. The summed E-state index contributed by atoms with van der Waals surface area (Å²) in [6, 6.07) is 19.6. The van der Waals surface area contributed by atoms with Crippen molar-refractivity contribution in [2.45, 2.75) is 6.92 Å². The Kier molecular flexibility index (Phi) is 4.84. The van der Waals surface area contributed by atoms with E-state index in [0.717, 1.165) is 5.56 Å². The first-order chi connectivity index (χ1) is 15.6. The van der Waals surface area contributed by atoms with E-state index in [1.807, 2.05) is 30.3 Å². The minimum atomic E-state index is -0.414. The fourth-order valence-electron chi connectivity index (χ4n) is 3.61. The molecule has 32 heavy (non-hydrogen) atoms. The Morgan fingerprint density at radius 1 is 0.969 bits per heavy atom. The van der Waals surface area contributed by atoms with E-state index >= 15 is 0 Å². The number of nitrogens with zero attached hydrogens (tertiary/aromatic N) is 3. The zero-order valence-corrected chi connectivity index (χ0v) is 17.1. The molecule has 0 radical (unpaired) electrons. The number of amides is 1. The number of carbonyl (C=O) groups is 1. The quantitative estimate of drug-likeness (QED) is 0.457. The fourth-order valence-corrected chi connectivity index (χ4v) is 3.61. The van der Waals surface area contributed by atoms with Gasteiger partial charge in [0.1, 0.15) is 5.76 Å². The number of hydrogen-bond donors (Lipinski definition) is 1. The molecule has 1 amide bonds. The van der Waals surface area contributed by atoms with E-state index in [9.17, 15) is 9.59 Å². The maximum absolute atomic E-state index is 13.3. The molecular formula is C25H18N4O3. The van der Waals surface area contributed by atoms with Crippen molar-refractivity contribution in [1.29, 1.82) is 0 Å². The van der Waals surface area contributed by atoms with E-state index in [2.05, 4.69) is 15.4 Å². The van der Waals surface area contributed by atoms with Crippen molar-refractivity contribution in [3.8, 4) is 17.1 Å². The molecule has 156 valence electrons. The van der Waals surface area contributed by atoms with Crippen molar-refractivity contribution in [2.24, 2.45) is 0 Å². The van der Waals surface area contributed by atoms with Gasteiger partial charge in [-0.05, 0) is 37.3 Å². The zero-order chi connectivity index (χ0) is 22.1. The van der Waals surface area contributed by atoms with Crippen molar-refractivity contribution in [3.63, 3.8) is 0 Å². The molecule has 0 aliphatic rings. The zero-order valence-electron chi connectivity index (χ0n) is 17.1. The van der Waals surface area contributed by atoms with Crippen LogP contribution in [-0.4, -0.2) is 20.7 Å². The maximum atomic E-state index is 13.3. The molecule has 0 saturated heterocycles. The maximum Gasteiger partial charge on any atom is 0.259 e. The third kappa shape index (κ3) is 3.35. The van der Waals surface area contributed by atoms with Crippen LogP contribution in [0.5, 0.6) is 0 Å². The number of nitrogens with one attached hydrogen (secondary N) is 1. The van der Waals surface area contributed by atoms with Crippen LogP contribution in [0.1, 0.15) is 15.9 Å². The first-order valence-electron chi connectivity index (χ1n) is 10.0. The molecule has 0 saturated carbocycles. The summed E-state index contributed by atoms with van der Waals surface area (Å²) in [5, 5.41) is 7.42. The van der Waals surface area contributed by atoms with E-state index < -0.39 is 5.91 Å². The summed E-state index contributed by atoms with van der Waals surface area (Å²) in [7, 11) is 0. The Bertz CT molecular complexity index is 1490. The molecule has 0 spiro atoms. The molecule has 5 rings (SSSR count). The lowest BCUT2D eigenvalue weighted by Gasteiger charge is -2.12. The highest BCUT2D eigenvalue weighted by atomic mass is 16.3. The van der Waals surface area contributed by atoms with E-state index in [-0.39, 0.29) is 16.6 Å². The van der Waals surface area contributed by atoms with Gasteiger partial charge in [-0.3, -0.25) is 9.59 Å². The molecule has 7 nitrogen and oxygen atoms in total. The third-order valence-corrected chi connectivity index (χ3v) is 5.18. The molecule has 0 bridgehead atoms. The van der Waals surface area contributed by atoms with Crippen molar-refractivity contribution >= 4 is 22.6 Å². The van der Waals surface area contributed by atoms with E-state index in [4.69, 9.17) is 4.42 Å². The summed E-state index contributed by atoms with van der Waals surface area (Å²) in [4.78, 5) is 30.6. The minimum Gasteiger partial charge on any atom is -0.455 e. The van der Waals surface area contributed by atoms with Gasteiger partial charge in [-0.15, -0.1) is 0 Å². The summed E-state index contributed by atoms with van der Waals surface area (Å²) < 4.78 is 7.72. The summed E-state index contributed by atoms with van der Waals surface area (Å²) in [5.41, 5.74) is 2.08. The molecular weight excluding hydrogens is 404 g/mol. The largest absolute Gasteiger partial charge is 0.455 e. The van der Waals surface area contributed by atoms with Crippen molar-refractivity contribution < 1.29 is 9.21 Å². The van der Waals surface area contributed by atoms with Crippen LogP contribution in [0.15, 0.2) is 94.5 Å². The van der Waals surface area contributed by atoms with Crippen molar-refractivity contribution in [1.82, 2.24) is 14.8 Å². The van der Waals surface area contributed by atoms with E-state index in [0.29, 0.717) is 28.2 Å². The number of anilines is 1. The second-order valence-corrected chi connectivity index (χ2v) is 7.21. The van der Waals surface area contributed by atoms with Gasteiger partial charge < -0.3 is 9.73 Å². The lowest BCUT2D eigenvalue weighted by atomic mass is 10.0. The van der Waals surface area contributed by atoms with Gasteiger partial charge in [0.05, 0.1) is 16.6 Å². The topological polar surface area (TPSA) is 90.0 Å². The Balaban J connectivity index is 1.62. The van der Waals surface area contributed by atoms with Gasteiger partial charge >= 0.3 is 0 Å². The number of carbonyl (C=O) groups excluding carboxylic acids is 1. The lowest BCUT2D eigenvalue weighted by Crippen LogP contribution is -2.16. The minimum absolute atomic E-state index is 0.168. The molecule has 0 aliphatic heterocycles. The molecule has 0 atom stereocenters. The van der Waals surface area contributed by atoms with Crippen LogP contribution in [0.3, 0.4) is 0 Å². The Labute approximate surface area is 183 Å². The molecule has 0 fully saturated rings. The molecule has 1 N–H and O–H groups in total. The predicted octanol–water partition coefficient (Wildman–Crippen LogP) is 4.60. The van der Waals surface area contributed by atoms with Gasteiger partial charge in [-0.1, -0.05) is 36.4 Å². The molecule has 7 heteroatoms. The Morgan fingerprint density at radius 2 is 1.81 bits per heavy atom. The lowest BCUT2D eigenvalue weighted by molar-refractivity contribution is 0.102. The average Bonchev–Trinajstić information content (AvgIpc) is 3.37. The van der Waals surface area contributed by atoms with Gasteiger partial charge in [0.2, 0.25) is 0 Å². The highest BCUT2D eigenvalue weighted by Gasteiger charge is 2.19. The normalized spacial score (nSPS) is 10.9. The predicted molar refractivity (Wildman–Crippen MR) is 122 cm³/mol. The van der Waals surface area contributed by atoms with E-state index in [1.54, 1.807) is 66.6 Å². The number of hydrogen-bond acceptors (Lipinski definition) is 5. The standard InChI is InChI=1S/C25H18N4O3/c1-16-21(30)18-10-5-11-19(23(18)32-22(16)17-8-3-2-4-9-17)25(31)28-20-12-6-13-26-24(20)29-15-7-14-27-29/h2-15H,1H3,(H,28,31). The second kappa shape index (κ2) is 7.96. The number of benzene rings is 2. The van der Waals surface area contributed by atoms with Gasteiger partial charge in [0.15, 0.2) is 16.8 Å². The molecule has 2 aromatic carbocycles. The van der Waals surface area contributed by atoms with Crippen LogP contribution in [0.2, 0.25) is 0 Å². The first kappa shape index (κ1) is 19.4. The van der Waals surface area contributed by atoms with E-state index in [1.165, 1.54) is 0 Å². The van der Waals surface area contributed by atoms with Gasteiger partial charge in [-0.2, -0.15) is 5.10 Å². The van der Waals surface area contributed by atoms with Gasteiger partial charge in [0.25, 0.3) is 5.91 Å². The average molecular weight is 422 g/mol. The molecule has 0 aliphatic carbocycles. The third-order valence-electron chi connectivity index (χ3n) is 5.18. The smallest absolute Gasteiger partial charge is 0.259 e. The van der Waals surface area contributed by atoms with Crippen molar-refractivity contribution in [2.75, 3.05) is 5.32 Å². The number of rotatable bonds is 4. The number of para-hydroxylation sites is 1. The molecule has 5 aromatic rings. The number of pyridine rings is 1. The number of aromatic nitrogens is 3. The summed E-state index contributed by atoms with van der Waals surface area (Å²) in [6.45, 7) is 1.73. The highest BCUT2D eigenvalue weighted by Crippen LogP contribution is 2.28. The summed E-state index contributed by atoms with van der Waals surface area (Å²) in [5.74, 6) is 0.512. The van der Waals surface area contributed by atoms with Crippen LogP contribution >= 0.6 is 0 Å². The number of fused-ring (bicyclic) bond motifs is 1. The first-order valence-corrected chi connectivity index (χ1v) is 10.0. The van der Waals surface area contributed by atoms with Crippen LogP contribution in [0.4, 0.5) is 5.69 Å². The summed E-state index contributed by atoms with van der Waals surface area (Å²) in [6.07, 6.45) is 5.00. The van der Waals surface area contributed by atoms with Crippen LogP contribution < -0.4 is 10.7 Å². The molecule has 3 aromatic heterocycles. The van der Waals surface area contributed by atoms with Crippen LogP contribution in [-0.2, 0) is 0 Å². The Morgan fingerprint density at radius 3 is 2.59 bits per heavy atom. The van der Waals surface area contributed by atoms with Crippen molar-refractivity contribution in [3.05, 3.63) is 107 Å². The van der Waals surface area contributed by atoms with Gasteiger partial charge in [-0.25, -0.2) is 9.67 Å². The second-order valence-electron chi connectivity index (χ2n) is 7.21. The monoisotopic (exact) mass is 422 g/mol. The SMILES string of the molecule is Cc1c(-c2ccccc2)oc2c(C(=O)Nc3cccnc3-n3cccn3)cccc2c1=O. The Hall–Kier alpha value is -4.52. The highest BCUT2D eigenvalue weighted by molar-refractivity contribution is 6.12. The van der Waals surface area contributed by atoms with Gasteiger partial charge in [0, 0.05) is 29.7 Å². The summed E-state index contributed by atoms with van der Waals surface area (Å²) >= 11 is 0. The molecule has 0 unspecified atom stereocenters. The van der Waals surface area contributed by atoms with Crippen LogP contribution in [0.25, 0.3) is 28.1 Å². The molecule has 3 heterocycles.